The zero-order valence-electron chi connectivity index (χ0n) is 4.26. The van der Waals surface area contributed by atoms with Crippen LogP contribution in [-0.2, 0) is 20.4 Å². The largest absolute Gasteiger partial charge is 0 e. The van der Waals surface area contributed by atoms with Gasteiger partial charge in [-0.25, -0.2) is 0 Å². The molecule has 0 saturated carbocycles. The molecule has 0 aromatic rings. The number of nitrogens with zero attached hydrogens (tertiary/aromatic N) is 2. The third-order valence-electron chi connectivity index (χ3n) is 0. The summed E-state index contributed by atoms with van der Waals surface area (Å²) in [4.78, 5) is 16.0. The molecule has 0 aliphatic carbocycles. The molecular weight excluding hydrogens is 348 g/mol. The fourth-order valence-electron chi connectivity index (χ4n) is 0. The molecule has 0 aliphatic rings. The predicted molar refractivity (Wildman–Crippen MR) is 38.2 cm³/mol. The van der Waals surface area contributed by atoms with Crippen molar-refractivity contribution in [2.45, 2.75) is 0 Å². The van der Waals surface area contributed by atoms with Crippen LogP contribution in [0.4, 0.5) is 0 Å². The smallest absolute Gasteiger partial charge is 0 e. The molecule has 9 heteroatoms. The van der Waals surface area contributed by atoms with E-state index in [1.807, 2.05) is 0 Å². The summed E-state index contributed by atoms with van der Waals surface area (Å²) in [5, 5.41) is 18.0. The fourth-order valence-corrected chi connectivity index (χ4v) is 0. The molecule has 0 fully saturated rings. The molecule has 0 N–H and O–H groups in total. The van der Waals surface area contributed by atoms with E-state index in [9.17, 15) is 0 Å². The van der Waals surface area contributed by atoms with Gasteiger partial charge in [0.15, 0.2) is 0 Å². The average Bonchev–Trinajstić information content (AvgIpc) is 1.39. The van der Waals surface area contributed by atoms with Crippen LogP contribution in [0, 0.1) is 20.2 Å². The van der Waals surface area contributed by atoms with Gasteiger partial charge in [0.1, 0.15) is 0 Å². The minimum Gasteiger partial charge on any atom is 0 e. The first-order valence-corrected chi connectivity index (χ1v) is 0.730. The Morgan fingerprint density at radius 2 is 0.889 bits per heavy atom. The van der Waals surface area contributed by atoms with Gasteiger partial charge in [0.05, 0.1) is 0 Å². The summed E-state index contributed by atoms with van der Waals surface area (Å²) in [5.41, 5.74) is 0. The predicted octanol–water partition coefficient (Wildman–Crippen LogP) is -1.87. The van der Waals surface area contributed by atoms with E-state index >= 15 is 0 Å². The third kappa shape index (κ3) is 1110. The van der Waals surface area contributed by atoms with Crippen LogP contribution in [-0.4, -0.2) is 35.9 Å². The second kappa shape index (κ2) is 74.1. The summed E-state index contributed by atoms with van der Waals surface area (Å²) in [6, 6.07) is 0. The van der Waals surface area contributed by atoms with E-state index in [1.54, 1.807) is 0 Å². The zero-order chi connectivity index (χ0) is 5.41. The van der Waals surface area contributed by atoms with Crippen molar-refractivity contribution in [2.75, 3.05) is 0 Å². The molecule has 62 valence electrons. The van der Waals surface area contributed by atoms with Gasteiger partial charge in [-0.05, 0) is 0 Å². The van der Waals surface area contributed by atoms with E-state index in [0.717, 1.165) is 10.7 Å². The maximum atomic E-state index is 8.00. The van der Waals surface area contributed by atoms with E-state index in [2.05, 4.69) is 0 Å². The second-order valence-electron chi connectivity index (χ2n) is 0.149. The van der Waals surface area contributed by atoms with Crippen molar-refractivity contribution in [1.82, 2.24) is 0 Å². The quantitative estimate of drug-likeness (QED) is 0.289. The van der Waals surface area contributed by atoms with Gasteiger partial charge < -0.3 is 20.2 Å². The molecule has 0 rings (SSSR count). The monoisotopic (exact) mass is 354 g/mol. The molecule has 0 saturated heterocycles. The summed E-state index contributed by atoms with van der Waals surface area (Å²) in [5.74, 6) is 0. The van der Waals surface area contributed by atoms with Gasteiger partial charge in [0.2, 0.25) is 0 Å². The van der Waals surface area contributed by atoms with Gasteiger partial charge in [-0.2, -0.15) is 0 Å². The average molecular weight is 354 g/mol. The Kier molecular flexibility index (Phi) is 277. The van der Waals surface area contributed by atoms with Crippen molar-refractivity contribution >= 4 is 35.9 Å². The number of rotatable bonds is 0. The molecule has 0 heterocycles. The Morgan fingerprint density at radius 1 is 0.889 bits per heavy atom. The van der Waals surface area contributed by atoms with Crippen LogP contribution in [0.5, 0.6) is 0 Å². The third-order valence-corrected chi connectivity index (χ3v) is 0. The molecule has 6 nitrogen and oxygen atoms in total. The van der Waals surface area contributed by atoms with Crippen molar-refractivity contribution in [1.29, 1.82) is 0 Å². The molecular formula is H6As2N2O4Pd-2. The molecule has 2 unspecified atom stereocenters. The Hall–Kier alpha value is 0.579. The zero-order valence-corrected chi connectivity index (χ0v) is 11.7. The Labute approximate surface area is 86.9 Å². The molecule has 9 heavy (non-hydrogen) atoms. The maximum absolute atomic E-state index is 8.00. The van der Waals surface area contributed by atoms with Crippen molar-refractivity contribution < 1.29 is 20.4 Å². The Balaban J connectivity index is -0.00000000889. The summed E-state index contributed by atoms with van der Waals surface area (Å²) >= 11 is 0. The first-order chi connectivity index (χ1) is 2.83. The summed E-state index contributed by atoms with van der Waals surface area (Å²) in [7, 11) is 0. The van der Waals surface area contributed by atoms with Crippen molar-refractivity contribution in [3.05, 3.63) is 20.2 Å². The van der Waals surface area contributed by atoms with Crippen molar-refractivity contribution in [3.63, 3.8) is 0 Å². The first-order valence-electron chi connectivity index (χ1n) is 0.730. The standard InChI is InChI=1S/2AsH3.2HNO2.Pd/c;;2*2-1-3;/h2*1H3;2*(H,2,3);/p-2. The van der Waals surface area contributed by atoms with E-state index in [4.69, 9.17) is 20.2 Å². The van der Waals surface area contributed by atoms with Crippen molar-refractivity contribution in [2.24, 2.45) is 10.7 Å². The topological polar surface area (TPSA) is 105 Å². The Morgan fingerprint density at radius 3 is 0.889 bits per heavy atom. The Bertz CT molecular complexity index is 37.5. The normalized spacial score (nSPS) is 2.67. The maximum Gasteiger partial charge on any atom is 0 e. The van der Waals surface area contributed by atoms with E-state index in [0.29, 0.717) is 0 Å². The molecule has 0 radical (unpaired) electrons. The van der Waals surface area contributed by atoms with Crippen LogP contribution >= 0.6 is 0 Å². The van der Waals surface area contributed by atoms with Crippen LogP contribution in [0.2, 0.25) is 0 Å². The van der Waals surface area contributed by atoms with Gasteiger partial charge in [-0.1, -0.05) is 0 Å². The van der Waals surface area contributed by atoms with Crippen LogP contribution in [0.15, 0.2) is 10.7 Å². The van der Waals surface area contributed by atoms with Gasteiger partial charge in [0.25, 0.3) is 0 Å². The van der Waals surface area contributed by atoms with Crippen LogP contribution in [0.25, 0.3) is 0 Å². The number of hydrogen-bond acceptors (Lipinski definition) is 6. The summed E-state index contributed by atoms with van der Waals surface area (Å²) in [6.45, 7) is 0. The van der Waals surface area contributed by atoms with E-state index in [-0.39, 0.29) is 56.3 Å². The summed E-state index contributed by atoms with van der Waals surface area (Å²) in [6.07, 6.45) is 0. The molecule has 0 bridgehead atoms. The van der Waals surface area contributed by atoms with Gasteiger partial charge >= 0.3 is 35.9 Å². The van der Waals surface area contributed by atoms with Gasteiger partial charge in [-0.15, -0.1) is 10.7 Å². The fraction of sp³-hybridized carbons (Fsp3) is 0. The van der Waals surface area contributed by atoms with E-state index in [1.165, 1.54) is 0 Å². The van der Waals surface area contributed by atoms with Gasteiger partial charge in [-0.3, -0.25) is 0 Å². The second-order valence-corrected chi connectivity index (χ2v) is 0.149. The van der Waals surface area contributed by atoms with Crippen molar-refractivity contribution in [3.8, 4) is 0 Å². The van der Waals surface area contributed by atoms with Crippen LogP contribution in [0.3, 0.4) is 0 Å². The summed E-state index contributed by atoms with van der Waals surface area (Å²) < 4.78 is 0. The SMILES string of the molecule is O=N[O-].O=N[O-].[AsH3].[AsH3].[Pd]. The van der Waals surface area contributed by atoms with Crippen LogP contribution < -0.4 is 0 Å². The first kappa shape index (κ1) is 33.6. The minimum atomic E-state index is 0. The number of hydrogen-bond donors (Lipinski definition) is 0. The molecule has 0 aliphatic heterocycles. The molecule has 2 atom stereocenters. The molecule has 0 aromatic carbocycles. The van der Waals surface area contributed by atoms with E-state index < -0.39 is 0 Å². The minimum absolute atomic E-state index is 0. The molecule has 0 amide bonds. The molecule has 0 aromatic heterocycles. The van der Waals surface area contributed by atoms with Crippen LogP contribution in [0.1, 0.15) is 0 Å². The molecule has 0 spiro atoms. The van der Waals surface area contributed by atoms with Gasteiger partial charge in [0, 0.05) is 20.4 Å².